The number of carbonyl (C=O) groups excluding carboxylic acids is 1. The first-order valence-electron chi connectivity index (χ1n) is 6.50. The summed E-state index contributed by atoms with van der Waals surface area (Å²) in [5.74, 6) is -0.533. The molecule has 0 aromatic heterocycles. The average Bonchev–Trinajstić information content (AvgIpc) is 2.47. The van der Waals surface area contributed by atoms with Crippen LogP contribution in [0.25, 0.3) is 11.1 Å². The predicted octanol–water partition coefficient (Wildman–Crippen LogP) is 3.23. The SMILES string of the molecule is CC(=O)O[C@H](C[N+](=O)[O-])c1ccc(-c2ccccc2)cc1. The Morgan fingerprint density at radius 1 is 1.10 bits per heavy atom. The normalized spacial score (nSPS) is 11.7. The first-order chi connectivity index (χ1) is 10.1. The number of ether oxygens (including phenoxy) is 1. The van der Waals surface area contributed by atoms with E-state index >= 15 is 0 Å². The average molecular weight is 285 g/mol. The predicted molar refractivity (Wildman–Crippen MR) is 78.2 cm³/mol. The van der Waals surface area contributed by atoms with Crippen LogP contribution in [0.4, 0.5) is 0 Å². The molecular formula is C16H15NO4. The Kier molecular flexibility index (Phi) is 4.66. The van der Waals surface area contributed by atoms with E-state index in [0.29, 0.717) is 5.56 Å². The largest absolute Gasteiger partial charge is 0.451 e. The molecule has 0 fully saturated rings. The molecule has 0 spiro atoms. The van der Waals surface area contributed by atoms with Crippen molar-refractivity contribution in [1.29, 1.82) is 0 Å². The lowest BCUT2D eigenvalue weighted by atomic mass is 10.0. The molecule has 0 unspecified atom stereocenters. The van der Waals surface area contributed by atoms with Gasteiger partial charge in [-0.2, -0.15) is 0 Å². The van der Waals surface area contributed by atoms with Crippen molar-refractivity contribution < 1.29 is 14.5 Å². The molecule has 5 heteroatoms. The van der Waals surface area contributed by atoms with Crippen molar-refractivity contribution in [3.63, 3.8) is 0 Å². The van der Waals surface area contributed by atoms with Gasteiger partial charge in [-0.1, -0.05) is 54.6 Å². The lowest BCUT2D eigenvalue weighted by Crippen LogP contribution is -2.17. The zero-order valence-electron chi connectivity index (χ0n) is 11.6. The number of rotatable bonds is 5. The summed E-state index contributed by atoms with van der Waals surface area (Å²) in [6.07, 6.45) is -0.859. The van der Waals surface area contributed by atoms with Crippen LogP contribution in [-0.4, -0.2) is 17.4 Å². The van der Waals surface area contributed by atoms with Gasteiger partial charge in [-0.3, -0.25) is 14.9 Å². The molecule has 0 aliphatic heterocycles. The van der Waals surface area contributed by atoms with Gasteiger partial charge in [-0.25, -0.2) is 0 Å². The van der Waals surface area contributed by atoms with Gasteiger partial charge in [0.15, 0.2) is 6.10 Å². The Balaban J connectivity index is 2.22. The lowest BCUT2D eigenvalue weighted by molar-refractivity contribution is -0.491. The molecule has 0 bridgehead atoms. The van der Waals surface area contributed by atoms with E-state index in [1.165, 1.54) is 6.92 Å². The van der Waals surface area contributed by atoms with Crippen LogP contribution >= 0.6 is 0 Å². The van der Waals surface area contributed by atoms with Gasteiger partial charge in [0, 0.05) is 11.8 Å². The van der Waals surface area contributed by atoms with E-state index in [-0.39, 0.29) is 0 Å². The highest BCUT2D eigenvalue weighted by Crippen LogP contribution is 2.23. The number of esters is 1. The second-order valence-electron chi connectivity index (χ2n) is 4.60. The van der Waals surface area contributed by atoms with E-state index in [0.717, 1.165) is 11.1 Å². The van der Waals surface area contributed by atoms with Crippen molar-refractivity contribution in [1.82, 2.24) is 0 Å². The molecule has 2 aromatic rings. The minimum atomic E-state index is -0.859. The third-order valence-corrected chi connectivity index (χ3v) is 3.01. The number of carbonyl (C=O) groups is 1. The van der Waals surface area contributed by atoms with Crippen LogP contribution in [0.3, 0.4) is 0 Å². The highest BCUT2D eigenvalue weighted by atomic mass is 16.6. The van der Waals surface area contributed by atoms with Crippen molar-refractivity contribution >= 4 is 5.97 Å². The lowest BCUT2D eigenvalue weighted by Gasteiger charge is -2.14. The maximum atomic E-state index is 11.1. The van der Waals surface area contributed by atoms with Crippen LogP contribution in [0.2, 0.25) is 0 Å². The fraction of sp³-hybridized carbons (Fsp3) is 0.188. The molecule has 0 N–H and O–H groups in total. The fourth-order valence-corrected chi connectivity index (χ4v) is 2.07. The first-order valence-corrected chi connectivity index (χ1v) is 6.50. The molecule has 21 heavy (non-hydrogen) atoms. The Morgan fingerprint density at radius 3 is 2.19 bits per heavy atom. The fourth-order valence-electron chi connectivity index (χ4n) is 2.07. The van der Waals surface area contributed by atoms with Crippen molar-refractivity contribution in [2.75, 3.05) is 6.54 Å². The van der Waals surface area contributed by atoms with Crippen molar-refractivity contribution in [3.05, 3.63) is 70.3 Å². The molecular weight excluding hydrogens is 270 g/mol. The standard InChI is InChI=1S/C16H15NO4/c1-12(18)21-16(11-17(19)20)15-9-7-14(8-10-15)13-5-3-2-4-6-13/h2-10,16H,11H2,1H3/t16-/m1/s1. The number of hydrogen-bond acceptors (Lipinski definition) is 4. The van der Waals surface area contributed by atoms with E-state index in [1.54, 1.807) is 12.1 Å². The molecule has 0 saturated carbocycles. The molecule has 0 radical (unpaired) electrons. The summed E-state index contributed by atoms with van der Waals surface area (Å²) in [6.45, 7) is 0.801. The zero-order chi connectivity index (χ0) is 15.2. The van der Waals surface area contributed by atoms with Gasteiger partial charge in [-0.15, -0.1) is 0 Å². The summed E-state index contributed by atoms with van der Waals surface area (Å²) in [5, 5.41) is 10.7. The summed E-state index contributed by atoms with van der Waals surface area (Å²) < 4.78 is 5.01. The molecule has 0 heterocycles. The third kappa shape index (κ3) is 4.14. The summed E-state index contributed by atoms with van der Waals surface area (Å²) >= 11 is 0. The van der Waals surface area contributed by atoms with Gasteiger partial charge in [0.2, 0.25) is 6.54 Å². The van der Waals surface area contributed by atoms with Gasteiger partial charge < -0.3 is 4.74 Å². The van der Waals surface area contributed by atoms with Crippen molar-refractivity contribution in [3.8, 4) is 11.1 Å². The number of hydrogen-bond donors (Lipinski definition) is 0. The van der Waals surface area contributed by atoms with E-state index in [9.17, 15) is 14.9 Å². The van der Waals surface area contributed by atoms with Crippen LogP contribution in [0, 0.1) is 10.1 Å². The molecule has 1 atom stereocenters. The molecule has 2 rings (SSSR count). The molecule has 0 aliphatic rings. The molecule has 2 aromatic carbocycles. The Hall–Kier alpha value is -2.69. The number of nitrogens with zero attached hydrogens (tertiary/aromatic N) is 1. The monoisotopic (exact) mass is 285 g/mol. The van der Waals surface area contributed by atoms with Crippen LogP contribution in [0.1, 0.15) is 18.6 Å². The minimum absolute atomic E-state index is 0.440. The zero-order valence-corrected chi connectivity index (χ0v) is 11.6. The second-order valence-corrected chi connectivity index (χ2v) is 4.60. The molecule has 0 aliphatic carbocycles. The van der Waals surface area contributed by atoms with E-state index in [2.05, 4.69) is 0 Å². The van der Waals surface area contributed by atoms with Gasteiger partial charge in [0.1, 0.15) is 0 Å². The Labute approximate surface area is 122 Å². The van der Waals surface area contributed by atoms with Gasteiger partial charge in [0.05, 0.1) is 0 Å². The van der Waals surface area contributed by atoms with Crippen LogP contribution in [0.15, 0.2) is 54.6 Å². The van der Waals surface area contributed by atoms with E-state index in [1.807, 2.05) is 42.5 Å². The van der Waals surface area contributed by atoms with E-state index in [4.69, 9.17) is 4.74 Å². The van der Waals surface area contributed by atoms with Crippen molar-refractivity contribution in [2.45, 2.75) is 13.0 Å². The first kappa shape index (κ1) is 14.7. The van der Waals surface area contributed by atoms with Crippen molar-refractivity contribution in [2.24, 2.45) is 0 Å². The van der Waals surface area contributed by atoms with Crippen LogP contribution in [-0.2, 0) is 9.53 Å². The van der Waals surface area contributed by atoms with Gasteiger partial charge in [0.25, 0.3) is 0 Å². The third-order valence-electron chi connectivity index (χ3n) is 3.01. The number of benzene rings is 2. The molecule has 0 saturated heterocycles. The quantitative estimate of drug-likeness (QED) is 0.480. The van der Waals surface area contributed by atoms with Gasteiger partial charge >= 0.3 is 5.97 Å². The maximum absolute atomic E-state index is 11.1. The summed E-state index contributed by atoms with van der Waals surface area (Å²) in [6, 6.07) is 17.0. The van der Waals surface area contributed by atoms with Gasteiger partial charge in [-0.05, 0) is 16.7 Å². The molecule has 108 valence electrons. The maximum Gasteiger partial charge on any atom is 0.303 e. The minimum Gasteiger partial charge on any atom is -0.451 e. The second kappa shape index (κ2) is 6.65. The molecule has 0 amide bonds. The highest BCUT2D eigenvalue weighted by molar-refractivity contribution is 5.67. The summed E-state index contributed by atoms with van der Waals surface area (Å²) in [4.78, 5) is 21.2. The topological polar surface area (TPSA) is 69.4 Å². The highest BCUT2D eigenvalue weighted by Gasteiger charge is 2.20. The van der Waals surface area contributed by atoms with Crippen LogP contribution in [0.5, 0.6) is 0 Å². The Morgan fingerprint density at radius 2 is 1.67 bits per heavy atom. The van der Waals surface area contributed by atoms with Crippen LogP contribution < -0.4 is 0 Å². The summed E-state index contributed by atoms with van der Waals surface area (Å²) in [7, 11) is 0. The smallest absolute Gasteiger partial charge is 0.303 e. The number of nitro groups is 1. The van der Waals surface area contributed by atoms with E-state index < -0.39 is 23.5 Å². The summed E-state index contributed by atoms with van der Waals surface area (Å²) in [5.41, 5.74) is 2.67. The Bertz CT molecular complexity index is 606. The molecule has 5 nitrogen and oxygen atoms in total.